The van der Waals surface area contributed by atoms with Gasteiger partial charge in [0.25, 0.3) is 5.91 Å². The van der Waals surface area contributed by atoms with Gasteiger partial charge in [0.1, 0.15) is 23.3 Å². The second-order valence-electron chi connectivity index (χ2n) is 8.98. The van der Waals surface area contributed by atoms with E-state index in [-0.39, 0.29) is 12.7 Å². The maximum atomic E-state index is 13.0. The Balaban J connectivity index is 1.33. The lowest BCUT2D eigenvalue weighted by atomic mass is 9.98. The highest BCUT2D eigenvalue weighted by Gasteiger charge is 2.29. The largest absolute Gasteiger partial charge is 0.492 e. The predicted octanol–water partition coefficient (Wildman–Crippen LogP) is 2.87. The molecule has 0 bridgehead atoms. The van der Waals surface area contributed by atoms with E-state index in [1.165, 1.54) is 19.2 Å². The SMILES string of the molecule is O=C(NCC1CCNCC1)c1c[nH]c2c(-c3c(OCC4CC4)ccc4c3OCO4)ncnc12. The fraction of sp³-hybridized carbons (Fsp3) is 0.458. The number of amides is 1. The topological polar surface area (TPSA) is 110 Å². The van der Waals surface area contributed by atoms with Crippen LogP contribution in [0.5, 0.6) is 17.2 Å². The monoisotopic (exact) mass is 449 g/mol. The fourth-order valence-corrected chi connectivity index (χ4v) is 4.51. The first-order valence-corrected chi connectivity index (χ1v) is 11.6. The number of piperidine rings is 1. The third kappa shape index (κ3) is 3.97. The van der Waals surface area contributed by atoms with E-state index in [1.807, 2.05) is 12.1 Å². The van der Waals surface area contributed by atoms with E-state index in [0.29, 0.717) is 64.5 Å². The van der Waals surface area contributed by atoms with Gasteiger partial charge in [-0.1, -0.05) is 0 Å². The van der Waals surface area contributed by atoms with Crippen LogP contribution in [0.1, 0.15) is 36.0 Å². The summed E-state index contributed by atoms with van der Waals surface area (Å²) in [5.41, 5.74) is 3.11. The lowest BCUT2D eigenvalue weighted by molar-refractivity contribution is 0.0945. The molecule has 2 fully saturated rings. The van der Waals surface area contributed by atoms with Gasteiger partial charge in [0.05, 0.1) is 23.3 Å². The number of aromatic amines is 1. The maximum absolute atomic E-state index is 13.0. The zero-order valence-corrected chi connectivity index (χ0v) is 18.4. The van der Waals surface area contributed by atoms with Gasteiger partial charge in [-0.05, 0) is 62.7 Å². The number of fused-ring (bicyclic) bond motifs is 2. The minimum absolute atomic E-state index is 0.132. The predicted molar refractivity (Wildman–Crippen MR) is 122 cm³/mol. The summed E-state index contributed by atoms with van der Waals surface area (Å²) in [4.78, 5) is 25.2. The molecular weight excluding hydrogens is 422 g/mol. The van der Waals surface area contributed by atoms with Gasteiger partial charge in [-0.15, -0.1) is 0 Å². The number of H-pyrrole nitrogens is 1. The molecule has 0 unspecified atom stereocenters. The lowest BCUT2D eigenvalue weighted by Crippen LogP contribution is -2.35. The molecule has 4 heterocycles. The Kier molecular flexibility index (Phi) is 5.26. The van der Waals surface area contributed by atoms with Crippen LogP contribution < -0.4 is 24.8 Å². The molecule has 0 radical (unpaired) electrons. The van der Waals surface area contributed by atoms with Crippen LogP contribution >= 0.6 is 0 Å². The van der Waals surface area contributed by atoms with E-state index >= 15 is 0 Å². The molecule has 2 aromatic heterocycles. The minimum Gasteiger partial charge on any atom is -0.492 e. The highest BCUT2D eigenvalue weighted by atomic mass is 16.7. The number of aromatic nitrogens is 3. The van der Waals surface area contributed by atoms with Crippen LogP contribution in [0.3, 0.4) is 0 Å². The standard InChI is InChI=1S/C24H27N5O4/c30-24(27-9-14-5-7-25-8-6-14)16-10-26-22-20(16)28-12-29-21(22)19-17(31-11-15-1-2-15)3-4-18-23(19)33-13-32-18/h3-4,10,12,14-15,25-26H,1-2,5-9,11,13H2,(H,27,30). The van der Waals surface area contributed by atoms with Crippen molar-refractivity contribution in [2.45, 2.75) is 25.7 Å². The molecule has 6 rings (SSSR count). The normalized spacial score (nSPS) is 17.9. The molecule has 3 aromatic rings. The molecule has 3 N–H and O–H groups in total. The van der Waals surface area contributed by atoms with E-state index in [1.54, 1.807) is 6.20 Å². The number of hydrogen-bond acceptors (Lipinski definition) is 7. The molecule has 172 valence electrons. The molecule has 1 amide bonds. The Hall–Kier alpha value is -3.33. The third-order valence-corrected chi connectivity index (χ3v) is 6.63. The summed E-state index contributed by atoms with van der Waals surface area (Å²) in [6.07, 6.45) is 7.73. The van der Waals surface area contributed by atoms with Gasteiger partial charge in [-0.3, -0.25) is 4.79 Å². The molecule has 1 aliphatic carbocycles. The van der Waals surface area contributed by atoms with Crippen molar-refractivity contribution in [2.24, 2.45) is 11.8 Å². The van der Waals surface area contributed by atoms with Crippen LogP contribution in [0.15, 0.2) is 24.7 Å². The van der Waals surface area contributed by atoms with Crippen LogP contribution in [0, 0.1) is 11.8 Å². The second-order valence-corrected chi connectivity index (χ2v) is 8.98. The first-order chi connectivity index (χ1) is 16.3. The van der Waals surface area contributed by atoms with Crippen molar-refractivity contribution in [2.75, 3.05) is 33.0 Å². The number of hydrogen-bond donors (Lipinski definition) is 3. The summed E-state index contributed by atoms with van der Waals surface area (Å²) in [6.45, 7) is 3.49. The summed E-state index contributed by atoms with van der Waals surface area (Å²) in [7, 11) is 0. The summed E-state index contributed by atoms with van der Waals surface area (Å²) < 4.78 is 17.5. The summed E-state index contributed by atoms with van der Waals surface area (Å²) in [5, 5.41) is 6.43. The van der Waals surface area contributed by atoms with Crippen molar-refractivity contribution < 1.29 is 19.0 Å². The Morgan fingerprint density at radius 2 is 2.00 bits per heavy atom. The van der Waals surface area contributed by atoms with Gasteiger partial charge in [0.2, 0.25) is 6.79 Å². The molecule has 0 atom stereocenters. The van der Waals surface area contributed by atoms with Crippen LogP contribution in [-0.2, 0) is 0 Å². The van der Waals surface area contributed by atoms with Crippen molar-refractivity contribution in [3.8, 4) is 28.5 Å². The molecule has 2 aliphatic heterocycles. The van der Waals surface area contributed by atoms with Gasteiger partial charge >= 0.3 is 0 Å². The van der Waals surface area contributed by atoms with Crippen molar-refractivity contribution in [1.82, 2.24) is 25.6 Å². The number of rotatable bonds is 7. The van der Waals surface area contributed by atoms with Crippen LogP contribution in [0.2, 0.25) is 0 Å². The van der Waals surface area contributed by atoms with Crippen molar-refractivity contribution in [1.29, 1.82) is 0 Å². The third-order valence-electron chi connectivity index (χ3n) is 6.63. The average molecular weight is 450 g/mol. The van der Waals surface area contributed by atoms with Crippen molar-refractivity contribution in [3.63, 3.8) is 0 Å². The number of benzene rings is 1. The number of ether oxygens (including phenoxy) is 3. The summed E-state index contributed by atoms with van der Waals surface area (Å²) in [5.74, 6) is 2.93. The molecule has 9 heteroatoms. The number of carbonyl (C=O) groups is 1. The zero-order valence-electron chi connectivity index (χ0n) is 18.4. The number of carbonyl (C=O) groups excluding carboxylic acids is 1. The van der Waals surface area contributed by atoms with Gasteiger partial charge < -0.3 is 29.8 Å². The molecule has 3 aliphatic rings. The Morgan fingerprint density at radius 1 is 1.12 bits per heavy atom. The minimum atomic E-state index is -0.132. The molecule has 1 saturated carbocycles. The van der Waals surface area contributed by atoms with Gasteiger partial charge in [-0.2, -0.15) is 0 Å². The first-order valence-electron chi connectivity index (χ1n) is 11.6. The van der Waals surface area contributed by atoms with Crippen LogP contribution in [0.4, 0.5) is 0 Å². The lowest BCUT2D eigenvalue weighted by Gasteiger charge is -2.22. The Labute approximate surface area is 191 Å². The van der Waals surface area contributed by atoms with E-state index < -0.39 is 0 Å². The summed E-state index contributed by atoms with van der Waals surface area (Å²) in [6, 6.07) is 3.76. The maximum Gasteiger partial charge on any atom is 0.255 e. The van der Waals surface area contributed by atoms with Gasteiger partial charge in [0, 0.05) is 12.7 Å². The number of nitrogens with one attached hydrogen (secondary N) is 3. The highest BCUT2D eigenvalue weighted by Crippen LogP contribution is 2.48. The molecule has 9 nitrogen and oxygen atoms in total. The Morgan fingerprint density at radius 3 is 2.85 bits per heavy atom. The van der Waals surface area contributed by atoms with E-state index in [9.17, 15) is 4.79 Å². The zero-order chi connectivity index (χ0) is 22.2. The molecule has 0 spiro atoms. The number of nitrogens with zero attached hydrogens (tertiary/aromatic N) is 2. The van der Waals surface area contributed by atoms with Gasteiger partial charge in [-0.25, -0.2) is 9.97 Å². The average Bonchev–Trinajstić information content (AvgIpc) is 3.37. The van der Waals surface area contributed by atoms with E-state index in [4.69, 9.17) is 14.2 Å². The molecule has 33 heavy (non-hydrogen) atoms. The van der Waals surface area contributed by atoms with Crippen LogP contribution in [0.25, 0.3) is 22.3 Å². The van der Waals surface area contributed by atoms with Gasteiger partial charge in [0.15, 0.2) is 11.5 Å². The smallest absolute Gasteiger partial charge is 0.255 e. The second kappa shape index (κ2) is 8.55. The highest BCUT2D eigenvalue weighted by molar-refractivity contribution is 6.08. The van der Waals surface area contributed by atoms with Crippen molar-refractivity contribution >= 4 is 16.9 Å². The first kappa shape index (κ1) is 20.3. The molecule has 1 saturated heterocycles. The van der Waals surface area contributed by atoms with Crippen LogP contribution in [-0.4, -0.2) is 53.9 Å². The summed E-state index contributed by atoms with van der Waals surface area (Å²) >= 11 is 0. The molecular formula is C24H27N5O4. The molecule has 1 aromatic carbocycles. The Bertz CT molecular complexity index is 1180. The quantitative estimate of drug-likeness (QED) is 0.509. The van der Waals surface area contributed by atoms with E-state index in [0.717, 1.165) is 31.5 Å². The fourth-order valence-electron chi connectivity index (χ4n) is 4.51. The van der Waals surface area contributed by atoms with Crippen molar-refractivity contribution in [3.05, 3.63) is 30.2 Å². The van der Waals surface area contributed by atoms with E-state index in [2.05, 4.69) is 25.6 Å².